The summed E-state index contributed by atoms with van der Waals surface area (Å²) < 4.78 is 10.7. The predicted molar refractivity (Wildman–Crippen MR) is 142 cm³/mol. The average Bonchev–Trinajstić information content (AvgIpc) is 2.78. The molecule has 0 radical (unpaired) electrons. The molecule has 3 rings (SSSR count). The molecule has 0 unspecified atom stereocenters. The van der Waals surface area contributed by atoms with Crippen LogP contribution in [0.3, 0.4) is 0 Å². The van der Waals surface area contributed by atoms with Crippen LogP contribution in [0.2, 0.25) is 0 Å². The Hall–Kier alpha value is -1.83. The molecular formula is C28H51N3O5. The quantitative estimate of drug-likeness (QED) is 0.500. The van der Waals surface area contributed by atoms with Crippen LogP contribution in [0.1, 0.15) is 93.9 Å². The van der Waals surface area contributed by atoms with E-state index in [4.69, 9.17) is 9.47 Å². The number of Topliss-reactive ketones (excluding diaryl/α,β-unsaturated/α-hetero) is 1. The van der Waals surface area contributed by atoms with E-state index in [-0.39, 0.29) is 18.0 Å². The van der Waals surface area contributed by atoms with Crippen molar-refractivity contribution in [3.05, 3.63) is 0 Å². The van der Waals surface area contributed by atoms with Crippen LogP contribution in [0.5, 0.6) is 0 Å². The van der Waals surface area contributed by atoms with Gasteiger partial charge in [0.15, 0.2) is 0 Å². The minimum absolute atomic E-state index is 0.148. The first-order chi connectivity index (χ1) is 16.6. The first-order valence-corrected chi connectivity index (χ1v) is 13.9. The highest BCUT2D eigenvalue weighted by molar-refractivity contribution is 5.81. The molecule has 3 saturated heterocycles. The summed E-state index contributed by atoms with van der Waals surface area (Å²) in [6, 6.07) is 0.653. The number of ether oxygens (including phenoxy) is 2. The number of hydrogen-bond donors (Lipinski definition) is 0. The standard InChI is InChI=1S/C18H34N2O2.C10H17NO3/c1-14(2)15-7-6-10-20(13-15)16-8-11-19(12-9-16)17(21)22-18(3,4)5;1-10(2,3)14-9(13)11-6-4-8(12)5-7-11/h14-16H,6-13H2,1-5H3;4-7H2,1-3H3/t15-;/m0./s1. The second-order valence-corrected chi connectivity index (χ2v) is 12.8. The number of ketones is 1. The molecule has 0 saturated carbocycles. The highest BCUT2D eigenvalue weighted by Crippen LogP contribution is 2.28. The topological polar surface area (TPSA) is 79.4 Å². The van der Waals surface area contributed by atoms with Crippen LogP contribution >= 0.6 is 0 Å². The van der Waals surface area contributed by atoms with E-state index in [1.165, 1.54) is 25.9 Å². The molecular weight excluding hydrogens is 458 g/mol. The summed E-state index contributed by atoms with van der Waals surface area (Å²) in [5.74, 6) is 1.85. The van der Waals surface area contributed by atoms with Gasteiger partial charge in [-0.15, -0.1) is 0 Å². The Morgan fingerprint density at radius 2 is 1.25 bits per heavy atom. The van der Waals surface area contributed by atoms with E-state index in [2.05, 4.69) is 18.7 Å². The smallest absolute Gasteiger partial charge is 0.410 e. The third-order valence-corrected chi connectivity index (χ3v) is 7.04. The molecule has 36 heavy (non-hydrogen) atoms. The fourth-order valence-electron chi connectivity index (χ4n) is 4.92. The SMILES string of the molecule is CC(C)(C)OC(=O)N1CCC(=O)CC1.CC(C)[C@H]1CCCN(C2CCN(C(=O)OC(C)(C)C)CC2)C1. The molecule has 1 atom stereocenters. The molecule has 0 aromatic rings. The lowest BCUT2D eigenvalue weighted by Crippen LogP contribution is -2.50. The van der Waals surface area contributed by atoms with Crippen LogP contribution in [0.4, 0.5) is 9.59 Å². The summed E-state index contributed by atoms with van der Waals surface area (Å²) in [6.07, 6.45) is 5.33. The summed E-state index contributed by atoms with van der Waals surface area (Å²) in [6.45, 7) is 21.1. The van der Waals surface area contributed by atoms with Crippen LogP contribution in [-0.4, -0.2) is 89.2 Å². The minimum Gasteiger partial charge on any atom is -0.444 e. The normalized spacial score (nSPS) is 22.7. The van der Waals surface area contributed by atoms with Crippen molar-refractivity contribution in [3.63, 3.8) is 0 Å². The zero-order chi connectivity index (χ0) is 27.1. The number of piperidine rings is 3. The predicted octanol–water partition coefficient (Wildman–Crippen LogP) is 5.34. The first-order valence-electron chi connectivity index (χ1n) is 13.9. The number of hydrogen-bond acceptors (Lipinski definition) is 6. The van der Waals surface area contributed by atoms with Crippen molar-refractivity contribution >= 4 is 18.0 Å². The largest absolute Gasteiger partial charge is 0.444 e. The van der Waals surface area contributed by atoms with Crippen molar-refractivity contribution in [1.29, 1.82) is 0 Å². The minimum atomic E-state index is -0.460. The molecule has 2 amide bonds. The summed E-state index contributed by atoms with van der Waals surface area (Å²) >= 11 is 0. The lowest BCUT2D eigenvalue weighted by Gasteiger charge is -2.43. The number of rotatable bonds is 2. The van der Waals surface area contributed by atoms with Crippen molar-refractivity contribution in [2.24, 2.45) is 11.8 Å². The summed E-state index contributed by atoms with van der Waals surface area (Å²) in [5, 5.41) is 0. The maximum atomic E-state index is 12.1. The Morgan fingerprint density at radius 3 is 1.69 bits per heavy atom. The van der Waals surface area contributed by atoms with E-state index in [0.29, 0.717) is 32.0 Å². The van der Waals surface area contributed by atoms with Crippen molar-refractivity contribution in [2.75, 3.05) is 39.3 Å². The number of likely N-dealkylation sites (tertiary alicyclic amines) is 3. The Labute approximate surface area is 219 Å². The van der Waals surface area contributed by atoms with Gasteiger partial charge < -0.3 is 19.3 Å². The fraction of sp³-hybridized carbons (Fsp3) is 0.893. The highest BCUT2D eigenvalue weighted by atomic mass is 16.6. The van der Waals surface area contributed by atoms with Crippen molar-refractivity contribution in [2.45, 2.75) is 111 Å². The van der Waals surface area contributed by atoms with Crippen molar-refractivity contribution in [3.8, 4) is 0 Å². The van der Waals surface area contributed by atoms with Gasteiger partial charge in [0.25, 0.3) is 0 Å². The molecule has 0 bridgehead atoms. The molecule has 0 N–H and O–H groups in total. The third-order valence-electron chi connectivity index (χ3n) is 7.04. The van der Waals surface area contributed by atoms with Gasteiger partial charge in [0, 0.05) is 51.6 Å². The number of carbonyl (C=O) groups excluding carboxylic acids is 3. The first kappa shape index (κ1) is 30.4. The Bertz CT molecular complexity index is 722. The monoisotopic (exact) mass is 509 g/mol. The molecule has 3 aliphatic heterocycles. The molecule has 3 heterocycles. The highest BCUT2D eigenvalue weighted by Gasteiger charge is 2.32. The van der Waals surface area contributed by atoms with E-state index in [0.717, 1.165) is 37.8 Å². The van der Waals surface area contributed by atoms with Gasteiger partial charge in [0.1, 0.15) is 17.0 Å². The Kier molecular flexibility index (Phi) is 11.1. The molecule has 208 valence electrons. The third kappa shape index (κ3) is 10.7. The van der Waals surface area contributed by atoms with Gasteiger partial charge in [-0.2, -0.15) is 0 Å². The van der Waals surface area contributed by atoms with E-state index in [1.807, 2.05) is 46.4 Å². The van der Waals surface area contributed by atoms with Crippen LogP contribution in [0.25, 0.3) is 0 Å². The molecule has 0 aromatic heterocycles. The van der Waals surface area contributed by atoms with Crippen LogP contribution in [0, 0.1) is 11.8 Å². The van der Waals surface area contributed by atoms with E-state index in [1.54, 1.807) is 4.90 Å². The van der Waals surface area contributed by atoms with Gasteiger partial charge in [-0.3, -0.25) is 9.69 Å². The van der Waals surface area contributed by atoms with Gasteiger partial charge >= 0.3 is 12.2 Å². The van der Waals surface area contributed by atoms with Crippen LogP contribution in [0.15, 0.2) is 0 Å². The van der Waals surface area contributed by atoms with Crippen LogP contribution < -0.4 is 0 Å². The fourth-order valence-corrected chi connectivity index (χ4v) is 4.92. The summed E-state index contributed by atoms with van der Waals surface area (Å²) in [7, 11) is 0. The second-order valence-electron chi connectivity index (χ2n) is 12.8. The van der Waals surface area contributed by atoms with Crippen molar-refractivity contribution < 1.29 is 23.9 Å². The van der Waals surface area contributed by atoms with Gasteiger partial charge in [0.05, 0.1) is 0 Å². The summed E-state index contributed by atoms with van der Waals surface area (Å²) in [5.41, 5.74) is -0.857. The van der Waals surface area contributed by atoms with Gasteiger partial charge in [-0.05, 0) is 85.6 Å². The molecule has 0 aliphatic carbocycles. The van der Waals surface area contributed by atoms with E-state index in [9.17, 15) is 14.4 Å². The summed E-state index contributed by atoms with van der Waals surface area (Å²) in [4.78, 5) is 40.7. The zero-order valence-electron chi connectivity index (χ0n) is 24.1. The van der Waals surface area contributed by atoms with E-state index < -0.39 is 11.2 Å². The second kappa shape index (κ2) is 13.1. The molecule has 0 aromatic carbocycles. The number of nitrogens with zero attached hydrogens (tertiary/aromatic N) is 3. The maximum absolute atomic E-state index is 12.1. The maximum Gasteiger partial charge on any atom is 0.410 e. The molecule has 8 nitrogen and oxygen atoms in total. The molecule has 3 fully saturated rings. The molecule has 3 aliphatic rings. The lowest BCUT2D eigenvalue weighted by atomic mass is 9.86. The van der Waals surface area contributed by atoms with Crippen molar-refractivity contribution in [1.82, 2.24) is 14.7 Å². The number of carbonyl (C=O) groups is 3. The molecule has 8 heteroatoms. The average molecular weight is 510 g/mol. The lowest BCUT2D eigenvalue weighted by molar-refractivity contribution is -0.121. The van der Waals surface area contributed by atoms with Gasteiger partial charge in [0.2, 0.25) is 0 Å². The zero-order valence-corrected chi connectivity index (χ0v) is 24.1. The van der Waals surface area contributed by atoms with Gasteiger partial charge in [-0.1, -0.05) is 13.8 Å². The Morgan fingerprint density at radius 1 is 0.778 bits per heavy atom. The van der Waals surface area contributed by atoms with Crippen LogP contribution in [-0.2, 0) is 14.3 Å². The molecule has 0 spiro atoms. The van der Waals surface area contributed by atoms with E-state index >= 15 is 0 Å². The number of amides is 2. The van der Waals surface area contributed by atoms with Gasteiger partial charge in [-0.25, -0.2) is 9.59 Å². The Balaban J connectivity index is 0.000000281.